The van der Waals surface area contributed by atoms with Crippen molar-refractivity contribution < 1.29 is 0 Å². The molecule has 0 atom stereocenters. The topological polar surface area (TPSA) is 77.3 Å². The molecular weight excluding hydrogens is 777 g/mol. The second-order valence-electron chi connectivity index (χ2n) is 15.5. The van der Waals surface area contributed by atoms with Crippen LogP contribution < -0.4 is 0 Å². The van der Waals surface area contributed by atoms with Gasteiger partial charge in [0.1, 0.15) is 0 Å². The standard InChI is InChI=1S/C55H34N6S/c1-3-13-35(14-4-1)52-59-53(36-15-5-2-6-16-36)61-54(60-52)38-24-26-43-42-25-23-37(41-27-28-48(39-17-11-29-56-33-39)58-51(41)40-18-12-30-57-34-40)31-46(42)55(47(43)32-38)44-19-7-9-21-49(44)62-50-22-10-8-20-45(50)55/h1-34H. The highest BCUT2D eigenvalue weighted by Gasteiger charge is 2.50. The largest absolute Gasteiger partial charge is 0.264 e. The van der Waals surface area contributed by atoms with Gasteiger partial charge in [0.05, 0.1) is 16.8 Å². The lowest BCUT2D eigenvalue weighted by molar-refractivity contribution is 0.722. The lowest BCUT2D eigenvalue weighted by Crippen LogP contribution is -2.32. The highest BCUT2D eigenvalue weighted by atomic mass is 32.2. The van der Waals surface area contributed by atoms with Crippen molar-refractivity contribution in [2.75, 3.05) is 0 Å². The first-order valence-corrected chi connectivity index (χ1v) is 21.4. The number of fused-ring (bicyclic) bond motifs is 9. The number of rotatable bonds is 6. The summed E-state index contributed by atoms with van der Waals surface area (Å²) in [6.45, 7) is 0. The highest BCUT2D eigenvalue weighted by Crippen LogP contribution is 2.63. The van der Waals surface area contributed by atoms with Gasteiger partial charge >= 0.3 is 0 Å². The molecule has 0 amide bonds. The average molecular weight is 811 g/mol. The molecule has 6 nitrogen and oxygen atoms in total. The maximum Gasteiger partial charge on any atom is 0.164 e. The molecule has 7 heteroatoms. The van der Waals surface area contributed by atoms with Crippen LogP contribution in [0.2, 0.25) is 0 Å². The van der Waals surface area contributed by atoms with Crippen LogP contribution in [0.15, 0.2) is 217 Å². The molecule has 0 saturated heterocycles. The minimum Gasteiger partial charge on any atom is -0.264 e. The molecule has 1 aliphatic heterocycles. The van der Waals surface area contributed by atoms with Crippen molar-refractivity contribution in [3.05, 3.63) is 229 Å². The molecule has 62 heavy (non-hydrogen) atoms. The van der Waals surface area contributed by atoms with E-state index in [0.717, 1.165) is 50.3 Å². The molecule has 0 bridgehead atoms. The van der Waals surface area contributed by atoms with E-state index in [-0.39, 0.29) is 0 Å². The predicted octanol–water partition coefficient (Wildman–Crippen LogP) is 12.9. The Labute approximate surface area is 363 Å². The van der Waals surface area contributed by atoms with Gasteiger partial charge in [0.2, 0.25) is 0 Å². The summed E-state index contributed by atoms with van der Waals surface area (Å²) in [5, 5.41) is 0. The lowest BCUT2D eigenvalue weighted by Gasteiger charge is -2.40. The fourth-order valence-corrected chi connectivity index (χ4v) is 10.4. The zero-order chi connectivity index (χ0) is 41.0. The Morgan fingerprint density at radius 2 is 0.823 bits per heavy atom. The van der Waals surface area contributed by atoms with Gasteiger partial charge in [-0.05, 0) is 93.5 Å². The van der Waals surface area contributed by atoms with Crippen LogP contribution in [0.3, 0.4) is 0 Å². The normalized spacial score (nSPS) is 12.9. The van der Waals surface area contributed by atoms with E-state index in [2.05, 4.69) is 137 Å². The van der Waals surface area contributed by atoms with Gasteiger partial charge in [-0.3, -0.25) is 9.97 Å². The Hall–Kier alpha value is -7.87. The summed E-state index contributed by atoms with van der Waals surface area (Å²) in [6.07, 6.45) is 7.34. The van der Waals surface area contributed by atoms with Crippen molar-refractivity contribution in [3.8, 4) is 78.9 Å². The Balaban J connectivity index is 1.11. The van der Waals surface area contributed by atoms with Crippen LogP contribution in [-0.2, 0) is 5.41 Å². The molecule has 290 valence electrons. The number of hydrogen-bond donors (Lipinski definition) is 0. The van der Waals surface area contributed by atoms with E-state index in [4.69, 9.17) is 19.9 Å². The van der Waals surface area contributed by atoms with Crippen LogP contribution >= 0.6 is 11.8 Å². The van der Waals surface area contributed by atoms with Crippen LogP contribution in [0.1, 0.15) is 22.3 Å². The summed E-state index contributed by atoms with van der Waals surface area (Å²) < 4.78 is 0. The Kier molecular flexibility index (Phi) is 8.54. The highest BCUT2D eigenvalue weighted by molar-refractivity contribution is 7.99. The molecule has 1 aliphatic carbocycles. The zero-order valence-electron chi connectivity index (χ0n) is 33.2. The number of benzene rings is 6. The first-order valence-electron chi connectivity index (χ1n) is 20.6. The molecular formula is C55H34N6S. The third kappa shape index (κ3) is 5.81. The van der Waals surface area contributed by atoms with Crippen molar-refractivity contribution in [2.24, 2.45) is 0 Å². The monoisotopic (exact) mass is 810 g/mol. The third-order valence-electron chi connectivity index (χ3n) is 12.0. The van der Waals surface area contributed by atoms with E-state index in [1.54, 1.807) is 12.4 Å². The SMILES string of the molecule is c1ccc(-c2nc(-c3ccccc3)nc(-c3ccc4c(c3)C3(c5ccccc5Sc5ccccc53)c3cc(-c5ccc(-c6cccnc6)nc5-c5cccnc5)ccc3-4)n2)cc1. The average Bonchev–Trinajstić information content (AvgIpc) is 3.64. The summed E-state index contributed by atoms with van der Waals surface area (Å²) in [7, 11) is 0. The first-order chi connectivity index (χ1) is 30.7. The predicted molar refractivity (Wildman–Crippen MR) is 247 cm³/mol. The molecule has 2 aliphatic rings. The van der Waals surface area contributed by atoms with Gasteiger partial charge in [-0.2, -0.15) is 0 Å². The molecule has 12 rings (SSSR count). The van der Waals surface area contributed by atoms with Crippen LogP contribution in [0.5, 0.6) is 0 Å². The van der Waals surface area contributed by atoms with E-state index in [9.17, 15) is 0 Å². The number of aromatic nitrogens is 6. The van der Waals surface area contributed by atoms with Gasteiger partial charge in [0, 0.05) is 68.0 Å². The molecule has 6 aromatic carbocycles. The second kappa shape index (κ2) is 14.7. The van der Waals surface area contributed by atoms with E-state index in [0.29, 0.717) is 17.5 Å². The van der Waals surface area contributed by atoms with Crippen LogP contribution in [0.4, 0.5) is 0 Å². The fourth-order valence-electron chi connectivity index (χ4n) is 9.23. The Morgan fingerprint density at radius 3 is 1.40 bits per heavy atom. The van der Waals surface area contributed by atoms with Gasteiger partial charge in [0.15, 0.2) is 17.5 Å². The van der Waals surface area contributed by atoms with E-state index in [1.807, 2.05) is 78.8 Å². The molecule has 10 aromatic rings. The van der Waals surface area contributed by atoms with Crippen molar-refractivity contribution >= 4 is 11.8 Å². The summed E-state index contributed by atoms with van der Waals surface area (Å²) >= 11 is 1.84. The summed E-state index contributed by atoms with van der Waals surface area (Å²) in [6, 6.07) is 64.1. The number of nitrogens with zero attached hydrogens (tertiary/aromatic N) is 6. The Morgan fingerprint density at radius 1 is 0.339 bits per heavy atom. The summed E-state index contributed by atoms with van der Waals surface area (Å²) in [5.74, 6) is 1.89. The van der Waals surface area contributed by atoms with E-state index < -0.39 is 5.41 Å². The fraction of sp³-hybridized carbons (Fsp3) is 0.0182. The first kappa shape index (κ1) is 36.0. The quantitative estimate of drug-likeness (QED) is 0.165. The molecule has 4 aromatic heterocycles. The number of pyridine rings is 3. The van der Waals surface area contributed by atoms with Gasteiger partial charge in [-0.25, -0.2) is 19.9 Å². The molecule has 0 saturated carbocycles. The third-order valence-corrected chi connectivity index (χ3v) is 13.1. The molecule has 0 unspecified atom stereocenters. The molecule has 0 radical (unpaired) electrons. The minimum absolute atomic E-state index is 0.625. The molecule has 0 N–H and O–H groups in total. The van der Waals surface area contributed by atoms with E-state index in [1.165, 1.54) is 43.2 Å². The number of hydrogen-bond acceptors (Lipinski definition) is 7. The summed E-state index contributed by atoms with van der Waals surface area (Å²) in [4.78, 5) is 32.0. The van der Waals surface area contributed by atoms with E-state index >= 15 is 0 Å². The van der Waals surface area contributed by atoms with Gasteiger partial charge in [-0.15, -0.1) is 0 Å². The smallest absolute Gasteiger partial charge is 0.164 e. The maximum atomic E-state index is 5.30. The molecule has 1 spiro atoms. The van der Waals surface area contributed by atoms with Gasteiger partial charge in [0.25, 0.3) is 0 Å². The summed E-state index contributed by atoms with van der Waals surface area (Å²) in [5.41, 5.74) is 15.2. The van der Waals surface area contributed by atoms with Crippen LogP contribution in [0.25, 0.3) is 78.9 Å². The lowest BCUT2D eigenvalue weighted by atomic mass is 9.67. The van der Waals surface area contributed by atoms with Crippen molar-refractivity contribution in [2.45, 2.75) is 15.2 Å². The molecule has 5 heterocycles. The van der Waals surface area contributed by atoms with Crippen LogP contribution in [0, 0.1) is 0 Å². The van der Waals surface area contributed by atoms with Gasteiger partial charge < -0.3 is 0 Å². The van der Waals surface area contributed by atoms with Gasteiger partial charge in [-0.1, -0.05) is 139 Å². The van der Waals surface area contributed by atoms with Crippen LogP contribution in [-0.4, -0.2) is 29.9 Å². The molecule has 0 fully saturated rings. The van der Waals surface area contributed by atoms with Crippen molar-refractivity contribution in [3.63, 3.8) is 0 Å². The van der Waals surface area contributed by atoms with Crippen molar-refractivity contribution in [1.82, 2.24) is 29.9 Å². The maximum absolute atomic E-state index is 5.30. The second-order valence-corrected chi connectivity index (χ2v) is 16.6. The minimum atomic E-state index is -0.649. The zero-order valence-corrected chi connectivity index (χ0v) is 34.0. The Bertz CT molecular complexity index is 3220. The van der Waals surface area contributed by atoms with Crippen molar-refractivity contribution in [1.29, 1.82) is 0 Å².